The second kappa shape index (κ2) is 5.16. The summed E-state index contributed by atoms with van der Waals surface area (Å²) in [6.45, 7) is 0. The zero-order valence-electron chi connectivity index (χ0n) is 10.5. The van der Waals surface area contributed by atoms with E-state index in [0.717, 1.165) is 20.2 Å². The van der Waals surface area contributed by atoms with Gasteiger partial charge in [0.05, 0.1) is 5.56 Å². The summed E-state index contributed by atoms with van der Waals surface area (Å²) < 4.78 is 1.07. The number of fused-ring (bicyclic) bond motifs is 1. The second-order valence-electron chi connectivity index (χ2n) is 4.47. The number of carbonyl (C=O) groups is 1. The topological polar surface area (TPSA) is 70.9 Å². The Bertz CT molecular complexity index is 795. The van der Waals surface area contributed by atoms with Crippen molar-refractivity contribution in [3.8, 4) is 0 Å². The Morgan fingerprint density at radius 1 is 1.20 bits per heavy atom. The molecule has 0 aliphatic rings. The zero-order chi connectivity index (χ0) is 14.1. The van der Waals surface area contributed by atoms with Gasteiger partial charge in [0.25, 0.3) is 5.91 Å². The first-order valence-corrected chi connectivity index (χ1v) is 7.15. The number of nitrogen functional groups attached to an aromatic ring is 1. The number of H-pyrrole nitrogens is 1. The van der Waals surface area contributed by atoms with E-state index in [1.54, 1.807) is 18.3 Å². The largest absolute Gasteiger partial charge is 0.399 e. The van der Waals surface area contributed by atoms with Crippen LogP contribution < -0.4 is 11.1 Å². The van der Waals surface area contributed by atoms with Gasteiger partial charge in [-0.2, -0.15) is 0 Å². The number of aromatic amines is 1. The fourth-order valence-corrected chi connectivity index (χ4v) is 2.63. The number of rotatable bonds is 2. The van der Waals surface area contributed by atoms with Crippen LogP contribution in [0.4, 0.5) is 11.4 Å². The molecule has 5 heteroatoms. The molecule has 4 N–H and O–H groups in total. The summed E-state index contributed by atoms with van der Waals surface area (Å²) in [4.78, 5) is 15.4. The Morgan fingerprint density at radius 2 is 2.05 bits per heavy atom. The van der Waals surface area contributed by atoms with E-state index in [-0.39, 0.29) is 5.91 Å². The molecule has 0 atom stereocenters. The molecule has 0 aliphatic heterocycles. The van der Waals surface area contributed by atoms with Crippen molar-refractivity contribution in [1.82, 2.24) is 4.98 Å². The van der Waals surface area contributed by atoms with Crippen molar-refractivity contribution in [1.29, 1.82) is 0 Å². The average molecular weight is 377 g/mol. The molecule has 0 bridgehead atoms. The minimum absolute atomic E-state index is 0.149. The fraction of sp³-hybridized carbons (Fsp3) is 0. The lowest BCUT2D eigenvalue weighted by atomic mass is 10.1. The summed E-state index contributed by atoms with van der Waals surface area (Å²) in [7, 11) is 0. The quantitative estimate of drug-likeness (QED) is 0.472. The Balaban J connectivity index is 1.94. The Hall–Kier alpha value is -2.02. The summed E-state index contributed by atoms with van der Waals surface area (Å²) >= 11 is 2.21. The van der Waals surface area contributed by atoms with Gasteiger partial charge in [0, 0.05) is 32.0 Å². The van der Waals surface area contributed by atoms with E-state index in [0.29, 0.717) is 11.3 Å². The van der Waals surface area contributed by atoms with Crippen LogP contribution in [0.5, 0.6) is 0 Å². The number of anilines is 2. The van der Waals surface area contributed by atoms with Gasteiger partial charge in [-0.3, -0.25) is 4.79 Å². The maximum Gasteiger partial charge on any atom is 0.257 e. The van der Waals surface area contributed by atoms with Gasteiger partial charge in [-0.1, -0.05) is 6.07 Å². The number of halogens is 1. The predicted octanol–water partition coefficient (Wildman–Crippen LogP) is 3.61. The predicted molar refractivity (Wildman–Crippen MR) is 89.8 cm³/mol. The lowest BCUT2D eigenvalue weighted by Crippen LogP contribution is -2.11. The van der Waals surface area contributed by atoms with Crippen molar-refractivity contribution in [3.05, 3.63) is 57.8 Å². The van der Waals surface area contributed by atoms with Gasteiger partial charge < -0.3 is 16.0 Å². The average Bonchev–Trinajstić information content (AvgIpc) is 2.81. The third-order valence-electron chi connectivity index (χ3n) is 3.03. The number of amides is 1. The fourth-order valence-electron chi connectivity index (χ4n) is 2.09. The van der Waals surface area contributed by atoms with Crippen molar-refractivity contribution in [3.63, 3.8) is 0 Å². The van der Waals surface area contributed by atoms with Gasteiger partial charge in [-0.05, 0) is 59.0 Å². The lowest BCUT2D eigenvalue weighted by Gasteiger charge is -2.05. The first-order chi connectivity index (χ1) is 9.63. The lowest BCUT2D eigenvalue weighted by molar-refractivity contribution is 0.102. The molecule has 3 rings (SSSR count). The number of carbonyl (C=O) groups excluding carboxylic acids is 1. The highest BCUT2D eigenvalue weighted by atomic mass is 127. The molecule has 1 heterocycles. The number of nitrogens with one attached hydrogen (secondary N) is 2. The molecule has 0 unspecified atom stereocenters. The molecule has 0 aliphatic carbocycles. The van der Waals surface area contributed by atoms with E-state index in [9.17, 15) is 4.79 Å². The van der Waals surface area contributed by atoms with Gasteiger partial charge in [-0.25, -0.2) is 0 Å². The molecule has 2 aromatic carbocycles. The Kier molecular flexibility index (Phi) is 3.35. The first kappa shape index (κ1) is 13.0. The molecule has 0 radical (unpaired) electrons. The molecule has 100 valence electrons. The minimum Gasteiger partial charge on any atom is -0.399 e. The van der Waals surface area contributed by atoms with Crippen LogP contribution in [-0.4, -0.2) is 10.9 Å². The van der Waals surface area contributed by atoms with Gasteiger partial charge in [-0.15, -0.1) is 0 Å². The van der Waals surface area contributed by atoms with Crippen LogP contribution in [0.2, 0.25) is 0 Å². The molecular weight excluding hydrogens is 365 g/mol. The van der Waals surface area contributed by atoms with Crippen LogP contribution in [0.25, 0.3) is 10.9 Å². The van der Waals surface area contributed by atoms with E-state index >= 15 is 0 Å². The Morgan fingerprint density at radius 3 is 2.85 bits per heavy atom. The van der Waals surface area contributed by atoms with Crippen LogP contribution >= 0.6 is 22.6 Å². The standard InChI is InChI=1S/C15H12IN3O/c16-9-2-1-3-11(6-9)19-15(20)13-8-18-14-5-4-10(17)7-12(13)14/h1-8,18H,17H2,(H,19,20). The highest BCUT2D eigenvalue weighted by Crippen LogP contribution is 2.22. The van der Waals surface area contributed by atoms with Crippen molar-refractivity contribution in [2.24, 2.45) is 0 Å². The van der Waals surface area contributed by atoms with Crippen LogP contribution in [0, 0.1) is 3.57 Å². The van der Waals surface area contributed by atoms with Crippen molar-refractivity contribution in [2.45, 2.75) is 0 Å². The Labute approximate surface area is 129 Å². The van der Waals surface area contributed by atoms with Gasteiger partial charge in [0.2, 0.25) is 0 Å². The molecule has 0 saturated heterocycles. The molecule has 1 amide bonds. The van der Waals surface area contributed by atoms with Crippen LogP contribution in [0.15, 0.2) is 48.7 Å². The first-order valence-electron chi connectivity index (χ1n) is 6.07. The number of benzene rings is 2. The molecule has 4 nitrogen and oxygen atoms in total. The molecular formula is C15H12IN3O. The van der Waals surface area contributed by atoms with Crippen molar-refractivity contribution in [2.75, 3.05) is 11.1 Å². The molecule has 1 aromatic heterocycles. The number of hydrogen-bond donors (Lipinski definition) is 3. The van der Waals surface area contributed by atoms with Crippen molar-refractivity contribution >= 4 is 50.8 Å². The SMILES string of the molecule is Nc1ccc2[nH]cc(C(=O)Nc3cccc(I)c3)c2c1. The van der Waals surface area contributed by atoms with Gasteiger partial charge in [0.1, 0.15) is 0 Å². The number of hydrogen-bond acceptors (Lipinski definition) is 2. The minimum atomic E-state index is -0.149. The zero-order valence-corrected chi connectivity index (χ0v) is 12.6. The van der Waals surface area contributed by atoms with Crippen LogP contribution in [-0.2, 0) is 0 Å². The molecule has 0 saturated carbocycles. The molecule has 3 aromatic rings. The van der Waals surface area contributed by atoms with Gasteiger partial charge >= 0.3 is 0 Å². The van der Waals surface area contributed by atoms with E-state index in [4.69, 9.17) is 5.73 Å². The summed E-state index contributed by atoms with van der Waals surface area (Å²) in [5.41, 5.74) is 8.68. The number of aromatic nitrogens is 1. The highest BCUT2D eigenvalue weighted by molar-refractivity contribution is 14.1. The number of nitrogens with two attached hydrogens (primary N) is 1. The van der Waals surface area contributed by atoms with E-state index < -0.39 is 0 Å². The van der Waals surface area contributed by atoms with E-state index in [1.807, 2.05) is 30.3 Å². The molecule has 0 fully saturated rings. The smallest absolute Gasteiger partial charge is 0.257 e. The van der Waals surface area contributed by atoms with Gasteiger partial charge in [0.15, 0.2) is 0 Å². The summed E-state index contributed by atoms with van der Waals surface area (Å²) in [5, 5.41) is 3.72. The van der Waals surface area contributed by atoms with E-state index in [1.165, 1.54) is 0 Å². The van der Waals surface area contributed by atoms with Crippen molar-refractivity contribution < 1.29 is 4.79 Å². The summed E-state index contributed by atoms with van der Waals surface area (Å²) in [5.74, 6) is -0.149. The highest BCUT2D eigenvalue weighted by Gasteiger charge is 2.12. The molecule has 20 heavy (non-hydrogen) atoms. The van der Waals surface area contributed by atoms with Crippen LogP contribution in [0.3, 0.4) is 0 Å². The third kappa shape index (κ3) is 2.49. The summed E-state index contributed by atoms with van der Waals surface area (Å²) in [6, 6.07) is 13.1. The third-order valence-corrected chi connectivity index (χ3v) is 3.70. The molecule has 0 spiro atoms. The monoisotopic (exact) mass is 377 g/mol. The second-order valence-corrected chi connectivity index (χ2v) is 5.72. The summed E-state index contributed by atoms with van der Waals surface area (Å²) in [6.07, 6.45) is 1.70. The maximum atomic E-state index is 12.3. The maximum absolute atomic E-state index is 12.3. The normalized spacial score (nSPS) is 10.7. The van der Waals surface area contributed by atoms with Crippen LogP contribution in [0.1, 0.15) is 10.4 Å². The van der Waals surface area contributed by atoms with E-state index in [2.05, 4.69) is 32.9 Å².